The number of hydrogen-bond donors (Lipinski definition) is 1. The summed E-state index contributed by atoms with van der Waals surface area (Å²) in [6.45, 7) is 0. The second-order valence-electron chi connectivity index (χ2n) is 6.59. The molecule has 0 spiro atoms. The van der Waals surface area contributed by atoms with Gasteiger partial charge in [0, 0.05) is 16.1 Å². The molecule has 4 rings (SSSR count). The topological polar surface area (TPSA) is 74.1 Å². The second kappa shape index (κ2) is 9.16. The van der Waals surface area contributed by atoms with Gasteiger partial charge < -0.3 is 4.74 Å². The van der Waals surface area contributed by atoms with Crippen molar-refractivity contribution in [2.45, 2.75) is 0 Å². The normalized spacial score (nSPS) is 10.2. The Balaban J connectivity index is 1.80. The number of methoxy groups -OCH3 is 1. The van der Waals surface area contributed by atoms with E-state index in [4.69, 9.17) is 16.3 Å². The van der Waals surface area contributed by atoms with Crippen molar-refractivity contribution in [3.05, 3.63) is 90.0 Å². The lowest BCUT2D eigenvalue weighted by atomic mass is 10.1. The minimum atomic E-state index is 0.227. The summed E-state index contributed by atoms with van der Waals surface area (Å²) in [7, 11) is 1.62. The number of rotatable bonds is 6. The van der Waals surface area contributed by atoms with Crippen molar-refractivity contribution in [1.29, 1.82) is 5.26 Å². The monoisotopic (exact) mass is 427 g/mol. The van der Waals surface area contributed by atoms with Crippen LogP contribution in [0.5, 0.6) is 5.75 Å². The Morgan fingerprint density at radius 1 is 0.871 bits per heavy atom. The van der Waals surface area contributed by atoms with Gasteiger partial charge in [0.05, 0.1) is 24.2 Å². The summed E-state index contributed by atoms with van der Waals surface area (Å²) >= 11 is 6.04. The highest BCUT2D eigenvalue weighted by molar-refractivity contribution is 6.30. The van der Waals surface area contributed by atoms with Crippen molar-refractivity contribution in [2.24, 2.45) is 0 Å². The third kappa shape index (κ3) is 4.74. The minimum Gasteiger partial charge on any atom is -0.497 e. The Hall–Kier alpha value is -4.08. The van der Waals surface area contributed by atoms with Crippen LogP contribution >= 0.6 is 11.6 Å². The molecule has 4 aromatic rings. The lowest BCUT2D eigenvalue weighted by Gasteiger charge is -2.18. The summed E-state index contributed by atoms with van der Waals surface area (Å²) < 4.78 is 5.25. The van der Waals surface area contributed by atoms with E-state index in [-0.39, 0.29) is 5.95 Å². The molecule has 0 fully saturated rings. The van der Waals surface area contributed by atoms with Crippen molar-refractivity contribution in [2.75, 3.05) is 17.5 Å². The molecule has 0 amide bonds. The summed E-state index contributed by atoms with van der Waals surface area (Å²) in [6, 6.07) is 26.2. The molecule has 0 aliphatic carbocycles. The zero-order chi connectivity index (χ0) is 21.6. The van der Waals surface area contributed by atoms with Gasteiger partial charge >= 0.3 is 0 Å². The van der Waals surface area contributed by atoms with Crippen LogP contribution in [0.2, 0.25) is 5.02 Å². The molecule has 3 aromatic carbocycles. The van der Waals surface area contributed by atoms with Crippen LogP contribution in [-0.4, -0.2) is 17.1 Å². The summed E-state index contributed by atoms with van der Waals surface area (Å²) in [5.41, 5.74) is 6.86. The first-order valence-electron chi connectivity index (χ1n) is 9.47. The first kappa shape index (κ1) is 20.2. The maximum Gasteiger partial charge on any atom is 0.259 e. The number of hydrazine groups is 1. The Labute approximate surface area is 185 Å². The summed E-state index contributed by atoms with van der Waals surface area (Å²) in [5.74, 6) is 0.977. The van der Waals surface area contributed by atoms with Crippen LogP contribution in [0.15, 0.2) is 84.9 Å². The van der Waals surface area contributed by atoms with Gasteiger partial charge in [-0.15, -0.1) is 0 Å². The van der Waals surface area contributed by atoms with E-state index in [1.54, 1.807) is 19.2 Å². The van der Waals surface area contributed by atoms with E-state index in [9.17, 15) is 5.26 Å². The summed E-state index contributed by atoms with van der Waals surface area (Å²) in [6.07, 6.45) is 2.11. The lowest BCUT2D eigenvalue weighted by molar-refractivity contribution is 0.415. The van der Waals surface area contributed by atoms with E-state index >= 15 is 0 Å². The SMILES string of the molecule is COc1ccc(-c2cc(-c3ccc(Cl)cc3)nc(N(C#N)Nc3ccccc3)n2)cc1. The molecule has 0 bridgehead atoms. The number of nitrogens with one attached hydrogen (secondary N) is 1. The van der Waals surface area contributed by atoms with Crippen LogP contribution in [0.25, 0.3) is 22.5 Å². The summed E-state index contributed by atoms with van der Waals surface area (Å²) in [4.78, 5) is 9.25. The van der Waals surface area contributed by atoms with Crippen LogP contribution in [0.4, 0.5) is 11.6 Å². The van der Waals surface area contributed by atoms with Gasteiger partial charge in [0.2, 0.25) is 6.19 Å². The number of aromatic nitrogens is 2. The highest BCUT2D eigenvalue weighted by Crippen LogP contribution is 2.28. The van der Waals surface area contributed by atoms with Crippen molar-refractivity contribution >= 4 is 23.2 Å². The maximum atomic E-state index is 9.77. The second-order valence-corrected chi connectivity index (χ2v) is 7.02. The van der Waals surface area contributed by atoms with E-state index in [0.29, 0.717) is 16.4 Å². The van der Waals surface area contributed by atoms with Gasteiger partial charge in [-0.3, -0.25) is 5.43 Å². The van der Waals surface area contributed by atoms with Gasteiger partial charge in [0.1, 0.15) is 5.75 Å². The molecular formula is C24H18ClN5O. The average molecular weight is 428 g/mol. The molecule has 1 N–H and O–H groups in total. The lowest BCUT2D eigenvalue weighted by Crippen LogP contribution is -2.26. The fourth-order valence-corrected chi connectivity index (χ4v) is 3.10. The Bertz CT molecular complexity index is 1210. The predicted molar refractivity (Wildman–Crippen MR) is 123 cm³/mol. The number of para-hydroxylation sites is 1. The average Bonchev–Trinajstić information content (AvgIpc) is 2.83. The predicted octanol–water partition coefficient (Wildman–Crippen LogP) is 5.79. The van der Waals surface area contributed by atoms with E-state index in [1.165, 1.54) is 5.01 Å². The summed E-state index contributed by atoms with van der Waals surface area (Å²) in [5, 5.41) is 11.6. The standard InChI is InChI=1S/C24H18ClN5O/c1-31-21-13-9-18(10-14-21)23-15-22(17-7-11-19(25)12-8-17)27-24(28-23)30(16-26)29-20-5-3-2-4-6-20/h2-15,29H,1H3. The van der Waals surface area contributed by atoms with E-state index in [2.05, 4.69) is 21.6 Å². The van der Waals surface area contributed by atoms with E-state index < -0.39 is 0 Å². The first-order valence-corrected chi connectivity index (χ1v) is 9.85. The Morgan fingerprint density at radius 2 is 1.45 bits per heavy atom. The van der Waals surface area contributed by atoms with Crippen molar-refractivity contribution in [1.82, 2.24) is 9.97 Å². The quantitative estimate of drug-likeness (QED) is 0.238. The number of hydrogen-bond acceptors (Lipinski definition) is 6. The highest BCUT2D eigenvalue weighted by Gasteiger charge is 2.15. The molecule has 0 unspecified atom stereocenters. The van der Waals surface area contributed by atoms with Crippen LogP contribution in [0, 0.1) is 11.5 Å². The van der Waals surface area contributed by atoms with Crippen molar-refractivity contribution in [3.63, 3.8) is 0 Å². The Morgan fingerprint density at radius 3 is 2.00 bits per heavy atom. The van der Waals surface area contributed by atoms with Gasteiger partial charge in [-0.05, 0) is 54.6 Å². The molecule has 0 aliphatic heterocycles. The number of nitrogens with zero attached hydrogens (tertiary/aromatic N) is 4. The van der Waals surface area contributed by atoms with Gasteiger partial charge in [0.15, 0.2) is 0 Å². The van der Waals surface area contributed by atoms with Gasteiger partial charge in [0.25, 0.3) is 5.95 Å². The molecule has 31 heavy (non-hydrogen) atoms. The molecule has 6 nitrogen and oxygen atoms in total. The smallest absolute Gasteiger partial charge is 0.259 e. The van der Waals surface area contributed by atoms with Crippen LogP contribution in [0.1, 0.15) is 0 Å². The number of nitriles is 1. The van der Waals surface area contributed by atoms with Crippen LogP contribution in [-0.2, 0) is 0 Å². The number of ether oxygens (including phenoxy) is 1. The third-order valence-corrected chi connectivity index (χ3v) is 4.81. The minimum absolute atomic E-state index is 0.227. The molecule has 0 saturated carbocycles. The molecule has 1 heterocycles. The zero-order valence-corrected chi connectivity index (χ0v) is 17.4. The van der Waals surface area contributed by atoms with Gasteiger partial charge in [-0.2, -0.15) is 10.3 Å². The number of halogens is 1. The maximum absolute atomic E-state index is 9.77. The van der Waals surface area contributed by atoms with Crippen LogP contribution < -0.4 is 15.2 Å². The molecule has 0 saturated heterocycles. The molecule has 7 heteroatoms. The van der Waals surface area contributed by atoms with Gasteiger partial charge in [-0.25, -0.2) is 9.97 Å². The molecule has 152 valence electrons. The number of anilines is 2. The molecule has 0 atom stereocenters. The molecule has 1 aromatic heterocycles. The third-order valence-electron chi connectivity index (χ3n) is 4.55. The van der Waals surface area contributed by atoms with Crippen LogP contribution in [0.3, 0.4) is 0 Å². The highest BCUT2D eigenvalue weighted by atomic mass is 35.5. The van der Waals surface area contributed by atoms with Gasteiger partial charge in [-0.1, -0.05) is 41.9 Å². The van der Waals surface area contributed by atoms with E-state index in [1.807, 2.05) is 72.8 Å². The molecule has 0 aliphatic rings. The number of benzene rings is 3. The zero-order valence-electron chi connectivity index (χ0n) is 16.7. The largest absolute Gasteiger partial charge is 0.497 e. The first-order chi connectivity index (χ1) is 15.2. The molecular weight excluding hydrogens is 410 g/mol. The Kier molecular flexibility index (Phi) is 5.97. The van der Waals surface area contributed by atoms with Crippen molar-refractivity contribution < 1.29 is 4.74 Å². The fourth-order valence-electron chi connectivity index (χ4n) is 2.97. The van der Waals surface area contributed by atoms with E-state index in [0.717, 1.165) is 22.6 Å². The fraction of sp³-hybridized carbons (Fsp3) is 0.0417. The van der Waals surface area contributed by atoms with Crippen molar-refractivity contribution in [3.8, 4) is 34.5 Å². The molecule has 0 radical (unpaired) electrons.